The van der Waals surface area contributed by atoms with Gasteiger partial charge < -0.3 is 18.9 Å². The summed E-state index contributed by atoms with van der Waals surface area (Å²) in [6.45, 7) is 3.14. The first kappa shape index (κ1) is 22.3. The van der Waals surface area contributed by atoms with Crippen molar-refractivity contribution in [1.82, 2.24) is 0 Å². The Hall–Kier alpha value is -2.92. The van der Waals surface area contributed by atoms with E-state index in [0.717, 1.165) is 30.8 Å². The summed E-state index contributed by atoms with van der Waals surface area (Å²) in [5.41, 5.74) is 1.24. The van der Waals surface area contributed by atoms with Crippen molar-refractivity contribution < 1.29 is 23.3 Å². The summed E-state index contributed by atoms with van der Waals surface area (Å²) in [6, 6.07) is 17.1. The Bertz CT molecular complexity index is 1040. The molecule has 0 radical (unpaired) electrons. The van der Waals surface area contributed by atoms with Crippen molar-refractivity contribution in [3.8, 4) is 28.7 Å². The molecule has 0 fully saturated rings. The molecule has 0 saturated carbocycles. The average molecular weight is 457 g/mol. The summed E-state index contributed by atoms with van der Waals surface area (Å²) in [4.78, 5) is 0. The summed E-state index contributed by atoms with van der Waals surface area (Å²) in [5, 5.41) is 0.447. The number of hydrogen-bond acceptors (Lipinski definition) is 4. The van der Waals surface area contributed by atoms with Crippen molar-refractivity contribution in [3.05, 3.63) is 77.1 Å². The van der Waals surface area contributed by atoms with Crippen LogP contribution >= 0.6 is 11.6 Å². The maximum absolute atomic E-state index is 13.0. The standard InChI is InChI=1S/C26H26ClFO4/c1-2-20-8-4-18-5-9-22(17-26(18)32-20)29-14-3-15-30-25-13-12-23(16-24(25)27)31-21-10-6-19(28)7-11-21/h5-7,9-13,16-17,20H,2-4,8,14-15H2,1H3/t20-/m1/s1. The third-order valence-corrected chi connectivity index (χ3v) is 5.59. The van der Waals surface area contributed by atoms with Gasteiger partial charge in [0.05, 0.1) is 24.3 Å². The van der Waals surface area contributed by atoms with Crippen LogP contribution < -0.4 is 18.9 Å². The molecule has 1 aliphatic heterocycles. The van der Waals surface area contributed by atoms with Crippen LogP contribution in [0.4, 0.5) is 4.39 Å². The van der Waals surface area contributed by atoms with Crippen LogP contribution in [0.15, 0.2) is 60.7 Å². The van der Waals surface area contributed by atoms with E-state index in [0.29, 0.717) is 48.0 Å². The topological polar surface area (TPSA) is 36.9 Å². The summed E-state index contributed by atoms with van der Waals surface area (Å²) >= 11 is 6.31. The van der Waals surface area contributed by atoms with Gasteiger partial charge in [0.2, 0.25) is 0 Å². The highest BCUT2D eigenvalue weighted by atomic mass is 35.5. The van der Waals surface area contributed by atoms with Gasteiger partial charge in [-0.05, 0) is 67.3 Å². The number of ether oxygens (including phenoxy) is 4. The molecule has 0 spiro atoms. The third kappa shape index (κ3) is 5.86. The predicted octanol–water partition coefficient (Wildman–Crippen LogP) is 7.22. The average Bonchev–Trinajstić information content (AvgIpc) is 2.81. The van der Waals surface area contributed by atoms with E-state index in [2.05, 4.69) is 13.0 Å². The highest BCUT2D eigenvalue weighted by Gasteiger charge is 2.18. The van der Waals surface area contributed by atoms with E-state index in [-0.39, 0.29) is 5.82 Å². The summed E-state index contributed by atoms with van der Waals surface area (Å²) in [6.07, 6.45) is 4.14. The SMILES string of the molecule is CC[C@@H]1CCc2ccc(OCCCOc3ccc(Oc4ccc(F)cc4)cc3Cl)cc2O1. The lowest BCUT2D eigenvalue weighted by atomic mass is 10.0. The molecule has 4 nitrogen and oxygen atoms in total. The predicted molar refractivity (Wildman–Crippen MR) is 123 cm³/mol. The van der Waals surface area contributed by atoms with Gasteiger partial charge in [-0.25, -0.2) is 4.39 Å². The number of rotatable bonds is 9. The van der Waals surface area contributed by atoms with Crippen LogP contribution in [0.1, 0.15) is 31.7 Å². The molecule has 4 rings (SSSR count). The van der Waals surface area contributed by atoms with E-state index in [1.165, 1.54) is 17.7 Å². The molecule has 3 aromatic rings. The minimum atomic E-state index is -0.312. The monoisotopic (exact) mass is 456 g/mol. The van der Waals surface area contributed by atoms with Crippen molar-refractivity contribution in [2.24, 2.45) is 0 Å². The lowest BCUT2D eigenvalue weighted by Crippen LogP contribution is -2.21. The van der Waals surface area contributed by atoms with E-state index in [1.807, 2.05) is 12.1 Å². The van der Waals surface area contributed by atoms with Gasteiger partial charge in [-0.1, -0.05) is 24.6 Å². The maximum atomic E-state index is 13.0. The largest absolute Gasteiger partial charge is 0.493 e. The zero-order valence-electron chi connectivity index (χ0n) is 18.0. The summed E-state index contributed by atoms with van der Waals surface area (Å²) in [5.74, 6) is 3.09. The molecular weight excluding hydrogens is 431 g/mol. The fourth-order valence-corrected chi connectivity index (χ4v) is 3.74. The molecule has 168 valence electrons. The Balaban J connectivity index is 1.22. The molecule has 0 unspecified atom stereocenters. The van der Waals surface area contributed by atoms with E-state index in [1.54, 1.807) is 30.3 Å². The molecule has 1 aliphatic rings. The third-order valence-electron chi connectivity index (χ3n) is 5.29. The van der Waals surface area contributed by atoms with Crippen LogP contribution in [-0.4, -0.2) is 19.3 Å². The second-order valence-corrected chi connectivity index (χ2v) is 8.06. The molecule has 6 heteroatoms. The smallest absolute Gasteiger partial charge is 0.138 e. The normalized spacial score (nSPS) is 14.9. The zero-order valence-corrected chi connectivity index (χ0v) is 18.7. The van der Waals surface area contributed by atoms with Crippen molar-refractivity contribution in [3.63, 3.8) is 0 Å². The van der Waals surface area contributed by atoms with E-state index >= 15 is 0 Å². The molecule has 32 heavy (non-hydrogen) atoms. The van der Waals surface area contributed by atoms with Gasteiger partial charge in [-0.3, -0.25) is 0 Å². The number of benzene rings is 3. The molecule has 0 N–H and O–H groups in total. The number of aryl methyl sites for hydroxylation is 1. The van der Waals surface area contributed by atoms with Crippen LogP contribution in [0.5, 0.6) is 28.7 Å². The summed E-state index contributed by atoms with van der Waals surface area (Å²) in [7, 11) is 0. The van der Waals surface area contributed by atoms with Gasteiger partial charge in [0.1, 0.15) is 34.6 Å². The first-order valence-electron chi connectivity index (χ1n) is 10.9. The second-order valence-electron chi connectivity index (χ2n) is 7.65. The zero-order chi connectivity index (χ0) is 22.3. The fourth-order valence-electron chi connectivity index (χ4n) is 3.52. The highest BCUT2D eigenvalue weighted by Crippen LogP contribution is 2.33. The maximum Gasteiger partial charge on any atom is 0.138 e. The quantitative estimate of drug-likeness (QED) is 0.318. The van der Waals surface area contributed by atoms with E-state index in [9.17, 15) is 4.39 Å². The Morgan fingerprint density at radius 2 is 1.69 bits per heavy atom. The number of fused-ring (bicyclic) bond motifs is 1. The minimum absolute atomic E-state index is 0.295. The van der Waals surface area contributed by atoms with Gasteiger partial charge in [0.15, 0.2) is 0 Å². The van der Waals surface area contributed by atoms with Crippen LogP contribution in [-0.2, 0) is 6.42 Å². The van der Waals surface area contributed by atoms with E-state index < -0.39 is 0 Å². The molecule has 0 aromatic heterocycles. The molecule has 0 amide bonds. The van der Waals surface area contributed by atoms with Crippen LogP contribution in [0.3, 0.4) is 0 Å². The molecular formula is C26H26ClFO4. The van der Waals surface area contributed by atoms with Crippen LogP contribution in [0.2, 0.25) is 5.02 Å². The van der Waals surface area contributed by atoms with Crippen molar-refractivity contribution in [2.75, 3.05) is 13.2 Å². The molecule has 1 heterocycles. The second kappa shape index (κ2) is 10.6. The lowest BCUT2D eigenvalue weighted by Gasteiger charge is -2.25. The molecule has 0 bridgehead atoms. The Morgan fingerprint density at radius 3 is 2.47 bits per heavy atom. The van der Waals surface area contributed by atoms with Gasteiger partial charge in [-0.15, -0.1) is 0 Å². The lowest BCUT2D eigenvalue weighted by molar-refractivity contribution is 0.168. The minimum Gasteiger partial charge on any atom is -0.493 e. The molecule has 3 aromatic carbocycles. The first-order valence-corrected chi connectivity index (χ1v) is 11.3. The van der Waals surface area contributed by atoms with Gasteiger partial charge in [0, 0.05) is 18.6 Å². The highest BCUT2D eigenvalue weighted by molar-refractivity contribution is 6.32. The van der Waals surface area contributed by atoms with Crippen molar-refractivity contribution >= 4 is 11.6 Å². The molecule has 0 aliphatic carbocycles. The van der Waals surface area contributed by atoms with Gasteiger partial charge in [-0.2, -0.15) is 0 Å². The van der Waals surface area contributed by atoms with Crippen molar-refractivity contribution in [1.29, 1.82) is 0 Å². The van der Waals surface area contributed by atoms with Crippen LogP contribution in [0, 0.1) is 5.82 Å². The van der Waals surface area contributed by atoms with Crippen molar-refractivity contribution in [2.45, 2.75) is 38.7 Å². The number of halogens is 2. The summed E-state index contributed by atoms with van der Waals surface area (Å²) < 4.78 is 36.3. The Kier molecular flexibility index (Phi) is 7.38. The fraction of sp³-hybridized carbons (Fsp3) is 0.308. The Morgan fingerprint density at radius 1 is 0.938 bits per heavy atom. The van der Waals surface area contributed by atoms with Crippen LogP contribution in [0.25, 0.3) is 0 Å². The number of hydrogen-bond donors (Lipinski definition) is 0. The Labute approximate surface area is 192 Å². The molecule has 1 atom stereocenters. The first-order chi connectivity index (χ1) is 15.6. The van der Waals surface area contributed by atoms with Gasteiger partial charge >= 0.3 is 0 Å². The molecule has 0 saturated heterocycles. The van der Waals surface area contributed by atoms with Gasteiger partial charge in [0.25, 0.3) is 0 Å². The van der Waals surface area contributed by atoms with E-state index in [4.69, 9.17) is 30.5 Å².